The van der Waals surface area contributed by atoms with Gasteiger partial charge in [-0.1, -0.05) is 0 Å². The lowest BCUT2D eigenvalue weighted by atomic mass is 10.4. The largest absolute Gasteiger partial charge is 0.480 e. The molecule has 0 fully saturated rings. The van der Waals surface area contributed by atoms with E-state index in [1.54, 1.807) is 18.4 Å². The maximum absolute atomic E-state index is 10.7. The van der Waals surface area contributed by atoms with Gasteiger partial charge in [-0.25, -0.2) is 4.98 Å². The van der Waals surface area contributed by atoms with Crippen LogP contribution in [-0.2, 0) is 16.1 Å². The van der Waals surface area contributed by atoms with E-state index in [9.17, 15) is 4.79 Å². The smallest absolute Gasteiger partial charge is 0.317 e. The van der Waals surface area contributed by atoms with Crippen LogP contribution in [0.15, 0.2) is 5.38 Å². The van der Waals surface area contributed by atoms with Gasteiger partial charge in [-0.3, -0.25) is 9.69 Å². The maximum atomic E-state index is 10.7. The number of rotatable bonds is 7. The zero-order chi connectivity index (χ0) is 12.0. The van der Waals surface area contributed by atoms with Gasteiger partial charge < -0.3 is 9.84 Å². The third-order valence-electron chi connectivity index (χ3n) is 2.00. The van der Waals surface area contributed by atoms with Crippen LogP contribution < -0.4 is 0 Å². The predicted octanol–water partition coefficient (Wildman–Crippen LogP) is 0.985. The number of hydrogen-bond acceptors (Lipinski definition) is 5. The minimum Gasteiger partial charge on any atom is -0.480 e. The number of aliphatic carboxylic acids is 1. The van der Waals surface area contributed by atoms with Gasteiger partial charge in [0.15, 0.2) is 0 Å². The Kier molecular flexibility index (Phi) is 5.37. The average Bonchev–Trinajstić information content (AvgIpc) is 2.59. The lowest BCUT2D eigenvalue weighted by Gasteiger charge is -2.18. The standard InChI is InChI=1S/C10H16N2O3S/c1-8-7-16-9(11-8)5-12(3-4-15-2)6-10(13)14/h7H,3-6H2,1-2H3,(H,13,14). The van der Waals surface area contributed by atoms with Gasteiger partial charge in [0.2, 0.25) is 0 Å². The van der Waals surface area contributed by atoms with Crippen molar-refractivity contribution in [1.29, 1.82) is 0 Å². The summed E-state index contributed by atoms with van der Waals surface area (Å²) in [6, 6.07) is 0. The van der Waals surface area contributed by atoms with E-state index in [2.05, 4.69) is 4.98 Å². The van der Waals surface area contributed by atoms with E-state index < -0.39 is 5.97 Å². The lowest BCUT2D eigenvalue weighted by molar-refractivity contribution is -0.138. The van der Waals surface area contributed by atoms with Gasteiger partial charge in [0.25, 0.3) is 0 Å². The number of methoxy groups -OCH3 is 1. The van der Waals surface area contributed by atoms with E-state index in [0.717, 1.165) is 10.7 Å². The number of nitrogens with zero attached hydrogens (tertiary/aromatic N) is 2. The predicted molar refractivity (Wildman–Crippen MR) is 61.6 cm³/mol. The quantitative estimate of drug-likeness (QED) is 0.774. The Hall–Kier alpha value is -0.980. The van der Waals surface area contributed by atoms with Crippen LogP contribution >= 0.6 is 11.3 Å². The van der Waals surface area contributed by atoms with Crippen molar-refractivity contribution >= 4 is 17.3 Å². The highest BCUT2D eigenvalue weighted by Gasteiger charge is 2.11. The van der Waals surface area contributed by atoms with Crippen molar-refractivity contribution in [3.63, 3.8) is 0 Å². The van der Waals surface area contributed by atoms with Crippen molar-refractivity contribution in [2.75, 3.05) is 26.8 Å². The second kappa shape index (κ2) is 6.57. The van der Waals surface area contributed by atoms with Crippen molar-refractivity contribution in [3.05, 3.63) is 16.1 Å². The Morgan fingerprint density at radius 3 is 2.94 bits per heavy atom. The summed E-state index contributed by atoms with van der Waals surface area (Å²) in [6.45, 7) is 3.63. The molecule has 16 heavy (non-hydrogen) atoms. The second-order valence-corrected chi connectivity index (χ2v) is 4.42. The van der Waals surface area contributed by atoms with Crippen LogP contribution in [0.25, 0.3) is 0 Å². The molecule has 0 unspecified atom stereocenters. The lowest BCUT2D eigenvalue weighted by Crippen LogP contribution is -2.32. The van der Waals surface area contributed by atoms with Crippen molar-refractivity contribution in [2.45, 2.75) is 13.5 Å². The molecule has 1 aromatic heterocycles. The summed E-state index contributed by atoms with van der Waals surface area (Å²) in [4.78, 5) is 16.8. The van der Waals surface area contributed by atoms with Gasteiger partial charge >= 0.3 is 5.97 Å². The molecule has 5 nitrogen and oxygen atoms in total. The Bertz CT molecular complexity index is 341. The summed E-state index contributed by atoms with van der Waals surface area (Å²) in [5.74, 6) is -0.829. The number of ether oxygens (including phenoxy) is 1. The molecule has 0 saturated carbocycles. The van der Waals surface area contributed by atoms with Crippen molar-refractivity contribution in [2.24, 2.45) is 0 Å². The highest BCUT2D eigenvalue weighted by molar-refractivity contribution is 7.09. The summed E-state index contributed by atoms with van der Waals surface area (Å²) in [7, 11) is 1.60. The van der Waals surface area contributed by atoms with Crippen LogP contribution in [0.1, 0.15) is 10.7 Å². The van der Waals surface area contributed by atoms with Gasteiger partial charge in [0.05, 0.1) is 19.7 Å². The van der Waals surface area contributed by atoms with Gasteiger partial charge in [-0.2, -0.15) is 0 Å². The Labute approximate surface area is 98.7 Å². The summed E-state index contributed by atoms with van der Waals surface area (Å²) >= 11 is 1.55. The van der Waals surface area contributed by atoms with Crippen LogP contribution in [-0.4, -0.2) is 47.8 Å². The highest BCUT2D eigenvalue weighted by atomic mass is 32.1. The number of thiazole rings is 1. The molecule has 0 aliphatic heterocycles. The van der Waals surface area contributed by atoms with Crippen LogP contribution in [0.3, 0.4) is 0 Å². The van der Waals surface area contributed by atoms with Gasteiger partial charge in [0, 0.05) is 24.7 Å². The fourth-order valence-corrected chi connectivity index (χ4v) is 2.11. The molecule has 1 heterocycles. The van der Waals surface area contributed by atoms with Crippen molar-refractivity contribution in [3.8, 4) is 0 Å². The first-order valence-electron chi connectivity index (χ1n) is 4.96. The third kappa shape index (κ3) is 4.69. The van der Waals surface area contributed by atoms with Crippen LogP contribution in [0.5, 0.6) is 0 Å². The monoisotopic (exact) mass is 244 g/mol. The first-order valence-corrected chi connectivity index (χ1v) is 5.84. The normalized spacial score (nSPS) is 10.9. The first kappa shape index (κ1) is 13.1. The average molecular weight is 244 g/mol. The van der Waals surface area contributed by atoms with E-state index in [-0.39, 0.29) is 6.54 Å². The zero-order valence-electron chi connectivity index (χ0n) is 9.47. The number of carboxylic acids is 1. The molecule has 1 aromatic rings. The molecule has 0 atom stereocenters. The summed E-state index contributed by atoms with van der Waals surface area (Å²) in [5.41, 5.74) is 0.974. The van der Waals surface area contributed by atoms with Gasteiger partial charge in [-0.05, 0) is 6.92 Å². The summed E-state index contributed by atoms with van der Waals surface area (Å²) < 4.78 is 4.95. The number of aromatic nitrogens is 1. The van der Waals surface area contributed by atoms with Crippen LogP contribution in [0.2, 0.25) is 0 Å². The minimum atomic E-state index is -0.829. The van der Waals surface area contributed by atoms with Crippen molar-refractivity contribution in [1.82, 2.24) is 9.88 Å². The minimum absolute atomic E-state index is 0.0159. The summed E-state index contributed by atoms with van der Waals surface area (Å²) in [5, 5.41) is 11.7. The second-order valence-electron chi connectivity index (χ2n) is 3.48. The van der Waals surface area contributed by atoms with Gasteiger partial charge in [-0.15, -0.1) is 11.3 Å². The molecule has 0 aliphatic carbocycles. The van der Waals surface area contributed by atoms with E-state index in [1.807, 2.05) is 17.2 Å². The van der Waals surface area contributed by atoms with Gasteiger partial charge in [0.1, 0.15) is 5.01 Å². The molecule has 0 radical (unpaired) electrons. The maximum Gasteiger partial charge on any atom is 0.317 e. The molecule has 1 rings (SSSR count). The molecular formula is C10H16N2O3S. The molecular weight excluding hydrogens is 228 g/mol. The number of carbonyl (C=O) groups is 1. The molecule has 0 aromatic carbocycles. The van der Waals surface area contributed by atoms with E-state index in [4.69, 9.17) is 9.84 Å². The number of hydrogen-bond donors (Lipinski definition) is 1. The van der Waals surface area contributed by atoms with E-state index in [0.29, 0.717) is 19.7 Å². The van der Waals surface area contributed by atoms with E-state index in [1.165, 1.54) is 0 Å². The van der Waals surface area contributed by atoms with Crippen molar-refractivity contribution < 1.29 is 14.6 Å². The topological polar surface area (TPSA) is 62.7 Å². The SMILES string of the molecule is COCCN(CC(=O)O)Cc1nc(C)cs1. The fourth-order valence-electron chi connectivity index (χ4n) is 1.29. The zero-order valence-corrected chi connectivity index (χ0v) is 10.3. The molecule has 0 amide bonds. The molecule has 6 heteroatoms. The van der Waals surface area contributed by atoms with Crippen LogP contribution in [0, 0.1) is 6.92 Å². The van der Waals surface area contributed by atoms with Crippen LogP contribution in [0.4, 0.5) is 0 Å². The summed E-state index contributed by atoms with van der Waals surface area (Å²) in [6.07, 6.45) is 0. The number of aryl methyl sites for hydroxylation is 1. The number of carboxylic acid groups (broad SMARTS) is 1. The third-order valence-corrected chi connectivity index (χ3v) is 2.95. The molecule has 0 spiro atoms. The Morgan fingerprint density at radius 2 is 2.44 bits per heavy atom. The molecule has 90 valence electrons. The highest BCUT2D eigenvalue weighted by Crippen LogP contribution is 2.11. The molecule has 0 bridgehead atoms. The fraction of sp³-hybridized carbons (Fsp3) is 0.600. The molecule has 1 N–H and O–H groups in total. The Morgan fingerprint density at radius 1 is 1.69 bits per heavy atom. The first-order chi connectivity index (χ1) is 7.61. The van der Waals surface area contributed by atoms with E-state index >= 15 is 0 Å². The molecule has 0 saturated heterocycles. The molecule has 0 aliphatic rings. The Balaban J connectivity index is 2.51.